The average molecular weight is 479 g/mol. The lowest BCUT2D eigenvalue weighted by atomic mass is 10.0. The molecule has 0 amide bonds. The van der Waals surface area contributed by atoms with Crippen LogP contribution in [0.5, 0.6) is 0 Å². The van der Waals surface area contributed by atoms with Crippen molar-refractivity contribution in [2.24, 2.45) is 0 Å². The Kier molecular flexibility index (Phi) is 19.6. The maximum atomic E-state index is 10.9. The second-order valence-corrected chi connectivity index (χ2v) is 10.7. The molecule has 1 aromatic carbocycles. The summed E-state index contributed by atoms with van der Waals surface area (Å²) in [4.78, 5) is 11.9. The van der Waals surface area contributed by atoms with E-state index in [4.69, 9.17) is 5.11 Å². The molecule has 3 nitrogen and oxygen atoms in total. The molecule has 0 saturated heterocycles. The fraction of sp³-hybridized carbons (Fsp3) is 0.759. The van der Waals surface area contributed by atoms with Crippen molar-refractivity contribution in [2.75, 3.05) is 5.75 Å². The molecule has 0 aliphatic heterocycles. The Balaban J connectivity index is 1.80. The summed E-state index contributed by atoms with van der Waals surface area (Å²) in [5.74, 6) is -0.230. The van der Waals surface area contributed by atoms with Crippen molar-refractivity contribution >= 4 is 17.7 Å². The van der Waals surface area contributed by atoms with Gasteiger partial charge in [-0.2, -0.15) is 0 Å². The van der Waals surface area contributed by atoms with Gasteiger partial charge in [-0.05, 0) is 30.7 Å². The lowest BCUT2D eigenvalue weighted by Crippen LogP contribution is -2.09. The molecule has 0 heterocycles. The Morgan fingerprint density at radius 1 is 0.697 bits per heavy atom. The van der Waals surface area contributed by atoms with E-state index < -0.39 is 5.97 Å². The van der Waals surface area contributed by atoms with E-state index in [0.29, 0.717) is 11.3 Å². The molecule has 0 fully saturated rings. The van der Waals surface area contributed by atoms with Gasteiger partial charge >= 0.3 is 5.97 Å². The molecule has 0 radical (unpaired) electrons. The topological polar surface area (TPSA) is 57.5 Å². The predicted octanol–water partition coefficient (Wildman–Crippen LogP) is 9.27. The van der Waals surface area contributed by atoms with Gasteiger partial charge in [0.1, 0.15) is 0 Å². The highest BCUT2D eigenvalue weighted by molar-refractivity contribution is 7.99. The number of benzene rings is 1. The van der Waals surface area contributed by atoms with Gasteiger partial charge in [0, 0.05) is 10.6 Å². The van der Waals surface area contributed by atoms with Crippen LogP contribution in [-0.2, 0) is 0 Å². The number of hydrogen-bond donors (Lipinski definition) is 2. The van der Waals surface area contributed by atoms with E-state index in [1.165, 1.54) is 109 Å². The third-order valence-electron chi connectivity index (χ3n) is 6.43. The molecule has 4 heteroatoms. The molecule has 0 saturated carbocycles. The van der Waals surface area contributed by atoms with Crippen molar-refractivity contribution in [1.29, 1.82) is 0 Å². The van der Waals surface area contributed by atoms with Crippen LogP contribution in [0, 0.1) is 0 Å². The van der Waals surface area contributed by atoms with Crippen molar-refractivity contribution in [3.8, 4) is 0 Å². The van der Waals surface area contributed by atoms with Gasteiger partial charge in [-0.25, -0.2) is 4.79 Å². The van der Waals surface area contributed by atoms with Crippen LogP contribution in [-0.4, -0.2) is 28.0 Å². The molecule has 1 aromatic rings. The van der Waals surface area contributed by atoms with Crippen molar-refractivity contribution in [2.45, 2.75) is 140 Å². The molecule has 0 aromatic heterocycles. The summed E-state index contributed by atoms with van der Waals surface area (Å²) in [5, 5.41) is 19.1. The van der Waals surface area contributed by atoms with Crippen LogP contribution in [0.1, 0.15) is 139 Å². The molecule has 0 aliphatic rings. The first kappa shape index (κ1) is 30.0. The van der Waals surface area contributed by atoms with Crippen molar-refractivity contribution < 1.29 is 15.0 Å². The molecule has 2 N–H and O–H groups in total. The zero-order valence-corrected chi connectivity index (χ0v) is 22.1. The quantitative estimate of drug-likeness (QED) is 0.121. The summed E-state index contributed by atoms with van der Waals surface area (Å²) in [6.07, 6.45) is 25.4. The minimum atomic E-state index is -0.902. The number of thioether (sulfide) groups is 1. The zero-order chi connectivity index (χ0) is 24.0. The molecule has 190 valence electrons. The number of unbranched alkanes of at least 4 members (excludes halogenated alkanes) is 17. The van der Waals surface area contributed by atoms with Gasteiger partial charge in [0.05, 0.1) is 11.7 Å². The highest BCUT2D eigenvalue weighted by atomic mass is 32.2. The Hall–Kier alpha value is -1.00. The molecule has 33 heavy (non-hydrogen) atoms. The van der Waals surface area contributed by atoms with Crippen molar-refractivity contribution in [1.82, 2.24) is 0 Å². The second kappa shape index (κ2) is 21.5. The van der Waals surface area contributed by atoms with Crippen LogP contribution >= 0.6 is 11.8 Å². The number of aliphatic hydroxyl groups excluding tert-OH is 1. The van der Waals surface area contributed by atoms with Crippen LogP contribution in [0.15, 0.2) is 29.2 Å². The Labute approximate surface area is 208 Å². The third-order valence-corrected chi connectivity index (χ3v) is 7.59. The minimum absolute atomic E-state index is 0.282. The highest BCUT2D eigenvalue weighted by Gasteiger charge is 2.06. The molecule has 0 aliphatic carbocycles. The Bertz CT molecular complexity index is 573. The van der Waals surface area contributed by atoms with E-state index in [-0.39, 0.29) is 6.10 Å². The lowest BCUT2D eigenvalue weighted by molar-refractivity contribution is 0.0696. The minimum Gasteiger partial charge on any atom is -0.478 e. The first-order valence-corrected chi connectivity index (χ1v) is 14.8. The number of carboxylic acids is 1. The standard InChI is InChI=1S/C29H50O3S/c1-2-3-4-5-6-7-8-9-10-11-12-13-14-15-16-17-18-19-20-27(30)25-33-28-23-21-26(22-24-28)29(31)32/h21-24,27,30H,2-20,25H2,1H3,(H,31,32). The number of carbonyl (C=O) groups is 1. The van der Waals surface area contributed by atoms with E-state index in [9.17, 15) is 9.90 Å². The molecule has 1 rings (SSSR count). The third kappa shape index (κ3) is 18.1. The van der Waals surface area contributed by atoms with Gasteiger partial charge < -0.3 is 10.2 Å². The van der Waals surface area contributed by atoms with Gasteiger partial charge in [0.2, 0.25) is 0 Å². The largest absolute Gasteiger partial charge is 0.478 e. The molecular weight excluding hydrogens is 428 g/mol. The summed E-state index contributed by atoms with van der Waals surface area (Å²) in [6.45, 7) is 2.28. The second-order valence-electron chi connectivity index (χ2n) is 9.59. The molecule has 1 unspecified atom stereocenters. The maximum Gasteiger partial charge on any atom is 0.335 e. The smallest absolute Gasteiger partial charge is 0.335 e. The van der Waals surface area contributed by atoms with Crippen LogP contribution in [0.2, 0.25) is 0 Å². The van der Waals surface area contributed by atoms with Gasteiger partial charge in [-0.3, -0.25) is 0 Å². The monoisotopic (exact) mass is 478 g/mol. The number of aromatic carboxylic acids is 1. The summed E-state index contributed by atoms with van der Waals surface area (Å²) >= 11 is 1.60. The van der Waals surface area contributed by atoms with Crippen molar-refractivity contribution in [3.63, 3.8) is 0 Å². The van der Waals surface area contributed by atoms with Gasteiger partial charge in [0.25, 0.3) is 0 Å². The van der Waals surface area contributed by atoms with Crippen LogP contribution in [0.25, 0.3) is 0 Å². The molecule has 1 atom stereocenters. The van der Waals surface area contributed by atoms with Crippen LogP contribution in [0.4, 0.5) is 0 Å². The van der Waals surface area contributed by atoms with Gasteiger partial charge in [-0.15, -0.1) is 11.8 Å². The SMILES string of the molecule is CCCCCCCCCCCCCCCCCCCCC(O)CSc1ccc(C(=O)O)cc1. The summed E-state index contributed by atoms with van der Waals surface area (Å²) in [5.41, 5.74) is 0.304. The fourth-order valence-electron chi connectivity index (χ4n) is 4.25. The van der Waals surface area contributed by atoms with Crippen LogP contribution < -0.4 is 0 Å². The first-order valence-electron chi connectivity index (χ1n) is 13.8. The Morgan fingerprint density at radius 3 is 1.48 bits per heavy atom. The van der Waals surface area contributed by atoms with Crippen molar-refractivity contribution in [3.05, 3.63) is 29.8 Å². The van der Waals surface area contributed by atoms with E-state index in [1.807, 2.05) is 12.1 Å². The maximum absolute atomic E-state index is 10.9. The van der Waals surface area contributed by atoms with E-state index in [2.05, 4.69) is 6.92 Å². The zero-order valence-electron chi connectivity index (χ0n) is 21.2. The fourth-order valence-corrected chi connectivity index (χ4v) is 5.13. The van der Waals surface area contributed by atoms with Gasteiger partial charge in [0.15, 0.2) is 0 Å². The highest BCUT2D eigenvalue weighted by Crippen LogP contribution is 2.21. The van der Waals surface area contributed by atoms with Crippen LogP contribution in [0.3, 0.4) is 0 Å². The summed E-state index contributed by atoms with van der Waals surface area (Å²) in [7, 11) is 0. The Morgan fingerprint density at radius 2 is 1.09 bits per heavy atom. The number of hydrogen-bond acceptors (Lipinski definition) is 3. The molecule has 0 bridgehead atoms. The normalized spacial score (nSPS) is 12.2. The average Bonchev–Trinajstić information content (AvgIpc) is 2.82. The number of carboxylic acid groups (broad SMARTS) is 1. The number of rotatable bonds is 23. The first-order chi connectivity index (χ1) is 16.1. The summed E-state index contributed by atoms with van der Waals surface area (Å²) < 4.78 is 0. The van der Waals surface area contributed by atoms with Gasteiger partial charge in [-0.1, -0.05) is 122 Å². The lowest BCUT2D eigenvalue weighted by Gasteiger charge is -2.10. The molecular formula is C29H50O3S. The predicted molar refractivity (Wildman–Crippen MR) is 144 cm³/mol. The van der Waals surface area contributed by atoms with E-state index in [0.717, 1.165) is 17.7 Å². The molecule has 0 spiro atoms. The number of aliphatic hydroxyl groups is 1. The summed E-state index contributed by atoms with van der Waals surface area (Å²) in [6, 6.07) is 6.87. The van der Waals surface area contributed by atoms with E-state index in [1.54, 1.807) is 23.9 Å². The van der Waals surface area contributed by atoms with E-state index >= 15 is 0 Å².